The van der Waals surface area contributed by atoms with Gasteiger partial charge in [0.2, 0.25) is 0 Å². The largest absolute Gasteiger partial charge is 0.373 e. The zero-order valence-corrected chi connectivity index (χ0v) is 17.6. The van der Waals surface area contributed by atoms with E-state index in [-0.39, 0.29) is 30.1 Å². The predicted octanol–water partition coefficient (Wildman–Crippen LogP) is 4.14. The summed E-state index contributed by atoms with van der Waals surface area (Å²) >= 11 is 0. The highest BCUT2D eigenvalue weighted by molar-refractivity contribution is 14.0. The number of nitrogens with one attached hydrogen (secondary N) is 2. The second kappa shape index (κ2) is 11.2. The minimum atomic E-state index is 0. The van der Waals surface area contributed by atoms with Gasteiger partial charge in [0.15, 0.2) is 5.96 Å². The summed E-state index contributed by atoms with van der Waals surface area (Å²) in [6.45, 7) is 5.30. The summed E-state index contributed by atoms with van der Waals surface area (Å²) in [4.78, 5) is 4.70. The van der Waals surface area contributed by atoms with Crippen LogP contribution in [0.3, 0.4) is 0 Å². The van der Waals surface area contributed by atoms with Crippen molar-refractivity contribution in [2.75, 3.05) is 19.7 Å². The van der Waals surface area contributed by atoms with E-state index in [0.717, 1.165) is 32.1 Å². The summed E-state index contributed by atoms with van der Waals surface area (Å²) in [7, 11) is 0. The molecule has 1 aliphatic heterocycles. The van der Waals surface area contributed by atoms with Crippen molar-refractivity contribution in [2.24, 2.45) is 10.9 Å². The van der Waals surface area contributed by atoms with E-state index >= 15 is 0 Å². The van der Waals surface area contributed by atoms with Gasteiger partial charge in [-0.15, -0.1) is 24.0 Å². The van der Waals surface area contributed by atoms with Crippen molar-refractivity contribution in [3.8, 4) is 0 Å². The summed E-state index contributed by atoms with van der Waals surface area (Å²) < 4.78 is 5.97. The van der Waals surface area contributed by atoms with Crippen LogP contribution in [0.5, 0.6) is 0 Å². The van der Waals surface area contributed by atoms with Gasteiger partial charge in [0.05, 0.1) is 12.6 Å². The lowest BCUT2D eigenvalue weighted by atomic mass is 9.95. The molecule has 0 aromatic heterocycles. The molecule has 3 rings (SSSR count). The standard InChI is InChI=1S/C21H27N3O.HI/c1-2-22-21(23-15-17-9-5-3-6-10-17)24-16-19-13-14-25-20(19)18-11-7-4-8-12-18;/h3-12,19-20H,2,13-16H2,1H3,(H2,22,23,24);1H. The van der Waals surface area contributed by atoms with E-state index in [1.807, 2.05) is 24.3 Å². The van der Waals surface area contributed by atoms with Crippen LogP contribution >= 0.6 is 24.0 Å². The third-order valence-electron chi connectivity index (χ3n) is 4.48. The molecule has 1 heterocycles. The Balaban J connectivity index is 0.00000243. The molecule has 2 atom stereocenters. The third kappa shape index (κ3) is 5.99. The van der Waals surface area contributed by atoms with Gasteiger partial charge < -0.3 is 15.4 Å². The number of ether oxygens (including phenoxy) is 1. The number of rotatable bonds is 6. The van der Waals surface area contributed by atoms with Crippen LogP contribution in [0.1, 0.15) is 30.6 Å². The van der Waals surface area contributed by atoms with E-state index < -0.39 is 0 Å². The van der Waals surface area contributed by atoms with Crippen LogP contribution in [-0.2, 0) is 11.3 Å². The van der Waals surface area contributed by atoms with Crippen molar-refractivity contribution in [3.63, 3.8) is 0 Å². The topological polar surface area (TPSA) is 45.7 Å². The van der Waals surface area contributed by atoms with Crippen LogP contribution in [0.25, 0.3) is 0 Å². The molecule has 1 fully saturated rings. The summed E-state index contributed by atoms with van der Waals surface area (Å²) in [5.74, 6) is 1.33. The van der Waals surface area contributed by atoms with Gasteiger partial charge in [0.1, 0.15) is 0 Å². The first-order valence-corrected chi connectivity index (χ1v) is 9.09. The molecule has 5 heteroatoms. The fourth-order valence-corrected chi connectivity index (χ4v) is 3.18. The Morgan fingerprint density at radius 1 is 1.04 bits per heavy atom. The quantitative estimate of drug-likeness (QED) is 0.383. The molecular formula is C21H28IN3O. The van der Waals surface area contributed by atoms with E-state index in [2.05, 4.69) is 54.0 Å². The van der Waals surface area contributed by atoms with Gasteiger partial charge in [-0.3, -0.25) is 0 Å². The summed E-state index contributed by atoms with van der Waals surface area (Å²) in [5, 5.41) is 6.82. The van der Waals surface area contributed by atoms with Crippen LogP contribution in [0, 0.1) is 5.92 Å². The number of benzene rings is 2. The predicted molar refractivity (Wildman–Crippen MR) is 118 cm³/mol. The number of guanidine groups is 1. The van der Waals surface area contributed by atoms with Crippen LogP contribution < -0.4 is 10.6 Å². The van der Waals surface area contributed by atoms with Crippen LogP contribution in [-0.4, -0.2) is 25.7 Å². The average Bonchev–Trinajstić information content (AvgIpc) is 3.14. The van der Waals surface area contributed by atoms with Crippen molar-refractivity contribution >= 4 is 29.9 Å². The van der Waals surface area contributed by atoms with E-state index in [9.17, 15) is 0 Å². The maximum Gasteiger partial charge on any atom is 0.191 e. The Kier molecular flexibility index (Phi) is 8.91. The maximum absolute atomic E-state index is 5.97. The van der Waals surface area contributed by atoms with Gasteiger partial charge in [-0.25, -0.2) is 4.99 Å². The average molecular weight is 465 g/mol. The summed E-state index contributed by atoms with van der Waals surface area (Å²) in [5.41, 5.74) is 2.48. The molecule has 0 radical (unpaired) electrons. The van der Waals surface area contributed by atoms with E-state index in [4.69, 9.17) is 9.73 Å². The maximum atomic E-state index is 5.97. The van der Waals surface area contributed by atoms with Crippen molar-refractivity contribution in [2.45, 2.75) is 26.0 Å². The van der Waals surface area contributed by atoms with E-state index in [0.29, 0.717) is 12.5 Å². The molecule has 2 aromatic carbocycles. The van der Waals surface area contributed by atoms with Crippen molar-refractivity contribution in [3.05, 3.63) is 71.8 Å². The second-order valence-corrected chi connectivity index (χ2v) is 6.31. The molecule has 140 valence electrons. The van der Waals surface area contributed by atoms with Crippen molar-refractivity contribution in [1.29, 1.82) is 0 Å². The monoisotopic (exact) mass is 465 g/mol. The number of aliphatic imine (C=N–C) groups is 1. The highest BCUT2D eigenvalue weighted by atomic mass is 127. The third-order valence-corrected chi connectivity index (χ3v) is 4.48. The number of hydrogen-bond donors (Lipinski definition) is 2. The molecule has 1 aliphatic rings. The number of nitrogens with zero attached hydrogens (tertiary/aromatic N) is 1. The van der Waals surface area contributed by atoms with Crippen molar-refractivity contribution < 1.29 is 4.74 Å². The molecule has 0 aliphatic carbocycles. The highest BCUT2D eigenvalue weighted by Crippen LogP contribution is 2.33. The molecule has 2 unspecified atom stereocenters. The number of halogens is 1. The molecule has 4 nitrogen and oxygen atoms in total. The SMILES string of the molecule is CCNC(=NCc1ccccc1)NCC1CCOC1c1ccccc1.I. The van der Waals surface area contributed by atoms with Crippen molar-refractivity contribution in [1.82, 2.24) is 10.6 Å². The van der Waals surface area contributed by atoms with E-state index in [1.165, 1.54) is 11.1 Å². The molecule has 2 aromatic rings. The zero-order chi connectivity index (χ0) is 17.3. The highest BCUT2D eigenvalue weighted by Gasteiger charge is 2.29. The Morgan fingerprint density at radius 2 is 1.73 bits per heavy atom. The molecule has 1 saturated heterocycles. The minimum absolute atomic E-state index is 0. The van der Waals surface area contributed by atoms with Crippen LogP contribution in [0.2, 0.25) is 0 Å². The summed E-state index contributed by atoms with van der Waals surface area (Å²) in [6.07, 6.45) is 1.25. The molecule has 0 bridgehead atoms. The zero-order valence-electron chi connectivity index (χ0n) is 15.2. The van der Waals surface area contributed by atoms with Gasteiger partial charge in [-0.2, -0.15) is 0 Å². The van der Waals surface area contributed by atoms with Gasteiger partial charge in [-0.1, -0.05) is 60.7 Å². The second-order valence-electron chi connectivity index (χ2n) is 6.31. The molecule has 0 amide bonds. The molecular weight excluding hydrogens is 437 g/mol. The molecule has 2 N–H and O–H groups in total. The number of hydrogen-bond acceptors (Lipinski definition) is 2. The lowest BCUT2D eigenvalue weighted by molar-refractivity contribution is 0.0915. The Bertz CT molecular complexity index is 663. The molecule has 0 spiro atoms. The first-order chi connectivity index (χ1) is 12.4. The van der Waals surface area contributed by atoms with E-state index in [1.54, 1.807) is 0 Å². The Morgan fingerprint density at radius 3 is 2.42 bits per heavy atom. The smallest absolute Gasteiger partial charge is 0.191 e. The molecule has 0 saturated carbocycles. The van der Waals surface area contributed by atoms with Gasteiger partial charge in [0, 0.05) is 25.6 Å². The Labute approximate surface area is 173 Å². The lowest BCUT2D eigenvalue weighted by Crippen LogP contribution is -2.40. The van der Waals surface area contributed by atoms with Gasteiger partial charge in [-0.05, 0) is 24.5 Å². The van der Waals surface area contributed by atoms with Crippen LogP contribution in [0.4, 0.5) is 0 Å². The molecule has 26 heavy (non-hydrogen) atoms. The fraction of sp³-hybridized carbons (Fsp3) is 0.381. The van der Waals surface area contributed by atoms with Crippen LogP contribution in [0.15, 0.2) is 65.7 Å². The lowest BCUT2D eigenvalue weighted by Gasteiger charge is -2.20. The Hall–Kier alpha value is -1.60. The first kappa shape index (κ1) is 20.7. The minimum Gasteiger partial charge on any atom is -0.373 e. The normalized spacial score (nSPS) is 19.7. The first-order valence-electron chi connectivity index (χ1n) is 9.09. The summed E-state index contributed by atoms with van der Waals surface area (Å²) in [6, 6.07) is 20.8. The van der Waals surface area contributed by atoms with Gasteiger partial charge in [0.25, 0.3) is 0 Å². The fourth-order valence-electron chi connectivity index (χ4n) is 3.18. The van der Waals surface area contributed by atoms with Gasteiger partial charge >= 0.3 is 0 Å².